The zero-order chi connectivity index (χ0) is 24.0. The number of carbonyl (C=O) groups excluding carboxylic acids is 1. The molecule has 6 rings (SSSR count). The maximum absolute atomic E-state index is 14.4. The van der Waals surface area contributed by atoms with E-state index in [-0.39, 0.29) is 22.6 Å². The Morgan fingerprint density at radius 3 is 2.59 bits per heavy atom. The topological polar surface area (TPSA) is 114 Å². The van der Waals surface area contributed by atoms with E-state index in [4.69, 9.17) is 5.73 Å². The van der Waals surface area contributed by atoms with Gasteiger partial charge in [0.25, 0.3) is 5.91 Å². The molecule has 1 saturated carbocycles. The van der Waals surface area contributed by atoms with Crippen molar-refractivity contribution in [1.29, 1.82) is 0 Å². The third-order valence-corrected chi connectivity index (χ3v) is 6.05. The molecule has 1 saturated heterocycles. The number of carbonyl (C=O) groups is 1. The molecule has 4 heterocycles. The van der Waals surface area contributed by atoms with Gasteiger partial charge >= 0.3 is 0 Å². The summed E-state index contributed by atoms with van der Waals surface area (Å²) in [5, 5.41) is 18.6. The number of aryl methyl sites for hydroxylation is 2. The number of phenols is 1. The van der Waals surface area contributed by atoms with Gasteiger partial charge in [-0.1, -0.05) is 0 Å². The first-order valence-electron chi connectivity index (χ1n) is 11.5. The SMILES string of the molecule is Cc1cn2cc(NC(=O)c3c(O)cc(N4CCCC4)c4cn(C)nc34)cc(F)c2n1.NC1CC1. The van der Waals surface area contributed by atoms with Gasteiger partial charge in [0.05, 0.1) is 17.1 Å². The quantitative estimate of drug-likeness (QED) is 0.428. The first-order valence-corrected chi connectivity index (χ1v) is 11.5. The van der Waals surface area contributed by atoms with Crippen molar-refractivity contribution in [2.45, 2.75) is 38.6 Å². The molecule has 0 radical (unpaired) electrons. The summed E-state index contributed by atoms with van der Waals surface area (Å²) in [6.45, 7) is 3.57. The molecule has 1 aliphatic heterocycles. The van der Waals surface area contributed by atoms with Gasteiger partial charge in [-0.05, 0) is 32.6 Å². The van der Waals surface area contributed by atoms with Gasteiger partial charge in [0, 0.05) is 62.3 Å². The number of aromatic hydroxyl groups is 1. The number of hydrogen-bond acceptors (Lipinski definition) is 6. The molecule has 4 N–H and O–H groups in total. The second kappa shape index (κ2) is 8.60. The number of rotatable bonds is 3. The fraction of sp³-hybridized carbons (Fsp3) is 0.375. The highest BCUT2D eigenvalue weighted by Gasteiger charge is 2.25. The van der Waals surface area contributed by atoms with Gasteiger partial charge < -0.3 is 25.5 Å². The van der Waals surface area contributed by atoms with Crippen LogP contribution < -0.4 is 16.0 Å². The van der Waals surface area contributed by atoms with Gasteiger partial charge in [-0.2, -0.15) is 5.10 Å². The fourth-order valence-electron chi connectivity index (χ4n) is 4.24. The van der Waals surface area contributed by atoms with E-state index < -0.39 is 11.7 Å². The predicted molar refractivity (Wildman–Crippen MR) is 129 cm³/mol. The number of nitrogens with zero attached hydrogens (tertiary/aromatic N) is 5. The minimum Gasteiger partial charge on any atom is -0.507 e. The number of phenolic OH excluding ortho intramolecular Hbond substituents is 1. The largest absolute Gasteiger partial charge is 0.507 e. The summed E-state index contributed by atoms with van der Waals surface area (Å²) in [5.41, 5.74) is 7.69. The van der Waals surface area contributed by atoms with E-state index in [2.05, 4.69) is 20.3 Å². The van der Waals surface area contributed by atoms with Crippen molar-refractivity contribution >= 4 is 33.8 Å². The molecule has 0 unspecified atom stereocenters. The molecule has 2 fully saturated rings. The van der Waals surface area contributed by atoms with Crippen molar-refractivity contribution in [1.82, 2.24) is 19.2 Å². The molecular weight excluding hydrogens is 437 g/mol. The number of anilines is 2. The molecule has 0 bridgehead atoms. The number of fused-ring (bicyclic) bond motifs is 2. The molecule has 1 aliphatic carbocycles. The number of imidazole rings is 1. The molecule has 9 nitrogen and oxygen atoms in total. The van der Waals surface area contributed by atoms with Crippen LogP contribution in [0.3, 0.4) is 0 Å². The summed E-state index contributed by atoms with van der Waals surface area (Å²) in [7, 11) is 1.77. The second-order valence-electron chi connectivity index (χ2n) is 9.03. The monoisotopic (exact) mass is 465 g/mol. The number of hydrogen-bond donors (Lipinski definition) is 3. The number of halogens is 1. The molecule has 4 aromatic rings. The lowest BCUT2D eigenvalue weighted by Gasteiger charge is -2.20. The molecule has 1 aromatic carbocycles. The van der Waals surface area contributed by atoms with Gasteiger partial charge in [0.2, 0.25) is 0 Å². The van der Waals surface area contributed by atoms with Crippen LogP contribution in [0.4, 0.5) is 15.8 Å². The van der Waals surface area contributed by atoms with Crippen molar-refractivity contribution in [3.8, 4) is 5.75 Å². The number of aromatic nitrogens is 4. The predicted octanol–water partition coefficient (Wildman–Crippen LogP) is 3.33. The summed E-state index contributed by atoms with van der Waals surface area (Å²) in [4.78, 5) is 19.4. The van der Waals surface area contributed by atoms with Crippen molar-refractivity contribution < 1.29 is 14.3 Å². The average Bonchev–Trinajstić information content (AvgIpc) is 3.17. The van der Waals surface area contributed by atoms with Gasteiger partial charge in [-0.3, -0.25) is 9.48 Å². The number of amides is 1. The smallest absolute Gasteiger partial charge is 0.261 e. The van der Waals surface area contributed by atoms with Crippen LogP contribution in [-0.2, 0) is 7.05 Å². The first kappa shape index (κ1) is 22.1. The Kier molecular flexibility index (Phi) is 5.60. The molecular formula is C24H28FN7O2. The lowest BCUT2D eigenvalue weighted by molar-refractivity contribution is 0.102. The molecule has 34 heavy (non-hydrogen) atoms. The van der Waals surface area contributed by atoms with Crippen molar-refractivity contribution in [2.24, 2.45) is 12.8 Å². The van der Waals surface area contributed by atoms with E-state index in [1.54, 1.807) is 37.1 Å². The van der Waals surface area contributed by atoms with Crippen LogP contribution in [-0.4, -0.2) is 49.3 Å². The van der Waals surface area contributed by atoms with Crippen LogP contribution >= 0.6 is 0 Å². The summed E-state index contributed by atoms with van der Waals surface area (Å²) in [6, 6.07) is 3.41. The van der Waals surface area contributed by atoms with Gasteiger partial charge in [0.15, 0.2) is 11.5 Å². The van der Waals surface area contributed by atoms with Gasteiger partial charge in [0.1, 0.15) is 16.8 Å². The minimum absolute atomic E-state index is 0.0656. The second-order valence-corrected chi connectivity index (χ2v) is 9.03. The average molecular weight is 466 g/mol. The lowest BCUT2D eigenvalue weighted by Crippen LogP contribution is -2.19. The van der Waals surface area contributed by atoms with E-state index in [1.165, 1.54) is 23.3 Å². The highest BCUT2D eigenvalue weighted by molar-refractivity contribution is 6.16. The van der Waals surface area contributed by atoms with Crippen molar-refractivity contribution in [3.05, 3.63) is 47.8 Å². The Bertz CT molecular complexity index is 1380. The third-order valence-electron chi connectivity index (χ3n) is 6.05. The maximum Gasteiger partial charge on any atom is 0.261 e. The Hall–Kier alpha value is -3.66. The van der Waals surface area contributed by atoms with Crippen LogP contribution in [0, 0.1) is 12.7 Å². The molecule has 178 valence electrons. The minimum atomic E-state index is -0.556. The molecule has 3 aromatic heterocycles. The Balaban J connectivity index is 0.000000547. The van der Waals surface area contributed by atoms with Crippen LogP contribution in [0.2, 0.25) is 0 Å². The van der Waals surface area contributed by atoms with E-state index in [0.29, 0.717) is 17.3 Å². The number of benzene rings is 1. The number of nitrogens with two attached hydrogens (primary N) is 1. The van der Waals surface area contributed by atoms with Crippen molar-refractivity contribution in [2.75, 3.05) is 23.3 Å². The zero-order valence-corrected chi connectivity index (χ0v) is 19.3. The third kappa shape index (κ3) is 4.28. The summed E-state index contributed by atoms with van der Waals surface area (Å²) in [6.07, 6.45) is 9.81. The number of pyridine rings is 1. The zero-order valence-electron chi connectivity index (χ0n) is 19.3. The van der Waals surface area contributed by atoms with Crippen LogP contribution in [0.1, 0.15) is 41.7 Å². The molecule has 1 amide bonds. The summed E-state index contributed by atoms with van der Waals surface area (Å²) in [5.74, 6) is -1.25. The molecule has 10 heteroatoms. The van der Waals surface area contributed by atoms with Crippen LogP contribution in [0.5, 0.6) is 5.75 Å². The van der Waals surface area contributed by atoms with E-state index in [9.17, 15) is 14.3 Å². The Labute approximate surface area is 196 Å². The Morgan fingerprint density at radius 2 is 1.91 bits per heavy atom. The van der Waals surface area contributed by atoms with Gasteiger partial charge in [-0.15, -0.1) is 0 Å². The van der Waals surface area contributed by atoms with E-state index in [0.717, 1.165) is 37.0 Å². The first-order chi connectivity index (χ1) is 16.3. The summed E-state index contributed by atoms with van der Waals surface area (Å²) < 4.78 is 17.5. The van der Waals surface area contributed by atoms with Gasteiger partial charge in [-0.25, -0.2) is 9.37 Å². The molecule has 0 atom stereocenters. The van der Waals surface area contributed by atoms with Crippen molar-refractivity contribution in [3.63, 3.8) is 0 Å². The van der Waals surface area contributed by atoms with E-state index in [1.807, 2.05) is 6.20 Å². The van der Waals surface area contributed by atoms with Crippen LogP contribution in [0.15, 0.2) is 30.7 Å². The van der Waals surface area contributed by atoms with E-state index >= 15 is 0 Å². The Morgan fingerprint density at radius 1 is 1.21 bits per heavy atom. The summed E-state index contributed by atoms with van der Waals surface area (Å²) >= 11 is 0. The molecule has 0 spiro atoms. The maximum atomic E-state index is 14.4. The van der Waals surface area contributed by atoms with Crippen LogP contribution in [0.25, 0.3) is 16.6 Å². The number of nitrogens with one attached hydrogen (secondary N) is 1. The normalized spacial score (nSPS) is 15.6. The highest BCUT2D eigenvalue weighted by Crippen LogP contribution is 2.37. The molecule has 2 aliphatic rings. The lowest BCUT2D eigenvalue weighted by atomic mass is 10.1. The fourth-order valence-corrected chi connectivity index (χ4v) is 4.24. The standard InChI is InChI=1S/C21H21FN6O2.C3H7N/c1-12-9-28-10-13(7-15(22)20(28)23-12)24-21(30)18-17(29)8-16(27-5-3-4-6-27)14-11-26(2)25-19(14)18;4-3-1-2-3/h7-11,29H,3-6H2,1-2H3,(H,24,30);3H,1-2,4H2. The highest BCUT2D eigenvalue weighted by atomic mass is 19.1.